The van der Waals surface area contributed by atoms with Crippen molar-refractivity contribution < 1.29 is 14.3 Å². The summed E-state index contributed by atoms with van der Waals surface area (Å²) in [5, 5.41) is 7.11. The summed E-state index contributed by atoms with van der Waals surface area (Å²) in [6, 6.07) is 5.51. The first-order valence-electron chi connectivity index (χ1n) is 9.08. The van der Waals surface area contributed by atoms with Crippen molar-refractivity contribution in [3.05, 3.63) is 64.9 Å². The minimum Gasteiger partial charge on any atom is -0.465 e. The van der Waals surface area contributed by atoms with Crippen molar-refractivity contribution in [2.45, 2.75) is 33.2 Å². The largest absolute Gasteiger partial charge is 0.465 e. The van der Waals surface area contributed by atoms with Crippen LogP contribution in [-0.2, 0) is 17.7 Å². The quantitative estimate of drug-likeness (QED) is 0.613. The van der Waals surface area contributed by atoms with Crippen LogP contribution in [0.15, 0.2) is 36.8 Å². The second-order valence-corrected chi connectivity index (χ2v) is 6.34. The highest BCUT2D eigenvalue weighted by atomic mass is 16.5. The maximum Gasteiger partial charge on any atom is 0.339 e. The fraction of sp³-hybridized carbons (Fsp3) is 0.300. The Kier molecular flexibility index (Phi) is 5.88. The number of pyridine rings is 1. The normalized spacial score (nSPS) is 10.7. The third-order valence-corrected chi connectivity index (χ3v) is 4.44. The van der Waals surface area contributed by atoms with Crippen LogP contribution in [0.5, 0.6) is 0 Å². The molecule has 8 nitrogen and oxygen atoms in total. The number of hydrogen-bond donors (Lipinski definition) is 2. The monoisotopic (exact) mass is 381 g/mol. The van der Waals surface area contributed by atoms with Crippen LogP contribution in [0.3, 0.4) is 0 Å². The average Bonchev–Trinajstić information content (AvgIpc) is 3.34. The summed E-state index contributed by atoms with van der Waals surface area (Å²) in [6.07, 6.45) is 6.54. The molecule has 3 aromatic rings. The van der Waals surface area contributed by atoms with Crippen LogP contribution in [0, 0.1) is 6.92 Å². The van der Waals surface area contributed by atoms with Gasteiger partial charge in [-0.2, -0.15) is 5.10 Å². The maximum atomic E-state index is 12.9. The number of aromatic nitrogens is 4. The van der Waals surface area contributed by atoms with Gasteiger partial charge in [0.25, 0.3) is 5.91 Å². The number of amides is 1. The number of aromatic amines is 1. The lowest BCUT2D eigenvalue weighted by Gasteiger charge is -2.10. The Morgan fingerprint density at radius 1 is 1.29 bits per heavy atom. The molecule has 0 aliphatic rings. The van der Waals surface area contributed by atoms with Gasteiger partial charge in [-0.05, 0) is 31.0 Å². The summed E-state index contributed by atoms with van der Waals surface area (Å²) >= 11 is 0. The number of hydrogen-bond acceptors (Lipinski definition) is 5. The van der Waals surface area contributed by atoms with Crippen LogP contribution in [0.1, 0.15) is 51.0 Å². The fourth-order valence-electron chi connectivity index (χ4n) is 3.18. The Hall–Kier alpha value is -3.42. The van der Waals surface area contributed by atoms with Crippen molar-refractivity contribution in [2.75, 3.05) is 7.11 Å². The molecule has 146 valence electrons. The van der Waals surface area contributed by atoms with E-state index in [1.807, 2.05) is 25.1 Å². The average molecular weight is 381 g/mol. The van der Waals surface area contributed by atoms with Crippen LogP contribution in [0.25, 0.3) is 5.82 Å². The van der Waals surface area contributed by atoms with Crippen LogP contribution >= 0.6 is 0 Å². The number of carbonyl (C=O) groups is 2. The van der Waals surface area contributed by atoms with Gasteiger partial charge in [-0.25, -0.2) is 14.5 Å². The Bertz CT molecular complexity index is 976. The SMILES string of the molecule is CCCc1c(C(=O)NCc2cccnc2-n2cccn2)[nH]c(C)c1C(=O)OC. The lowest BCUT2D eigenvalue weighted by molar-refractivity contribution is 0.0599. The molecule has 0 unspecified atom stereocenters. The van der Waals surface area contributed by atoms with Crippen LogP contribution in [0.2, 0.25) is 0 Å². The standard InChI is InChI=1S/C20H23N5O3/c1-4-7-15-16(20(27)28-3)13(2)24-17(15)19(26)22-12-14-8-5-9-21-18(14)25-11-6-10-23-25/h5-6,8-11,24H,4,7,12H2,1-3H3,(H,22,26). The molecule has 0 fully saturated rings. The summed E-state index contributed by atoms with van der Waals surface area (Å²) in [5.74, 6) is -0.0686. The van der Waals surface area contributed by atoms with Crippen molar-refractivity contribution in [3.63, 3.8) is 0 Å². The minimum absolute atomic E-state index is 0.277. The molecule has 2 N–H and O–H groups in total. The summed E-state index contributed by atoms with van der Waals surface area (Å²) in [6.45, 7) is 4.04. The summed E-state index contributed by atoms with van der Waals surface area (Å²) in [5.41, 5.74) is 2.97. The number of rotatable bonds is 7. The molecule has 0 aliphatic heterocycles. The van der Waals surface area contributed by atoms with Crippen molar-refractivity contribution in [1.29, 1.82) is 0 Å². The van der Waals surface area contributed by atoms with Gasteiger partial charge >= 0.3 is 5.97 Å². The molecule has 0 saturated heterocycles. The zero-order valence-electron chi connectivity index (χ0n) is 16.2. The van der Waals surface area contributed by atoms with Crippen LogP contribution in [-0.4, -0.2) is 38.7 Å². The lowest BCUT2D eigenvalue weighted by atomic mass is 10.0. The van der Waals surface area contributed by atoms with E-state index < -0.39 is 5.97 Å². The van der Waals surface area contributed by atoms with Crippen molar-refractivity contribution >= 4 is 11.9 Å². The maximum absolute atomic E-state index is 12.9. The van der Waals surface area contributed by atoms with Crippen LogP contribution in [0.4, 0.5) is 0 Å². The molecule has 3 aromatic heterocycles. The molecule has 0 bridgehead atoms. The highest BCUT2D eigenvalue weighted by Gasteiger charge is 2.24. The number of carbonyl (C=O) groups excluding carboxylic acids is 2. The van der Waals surface area contributed by atoms with Crippen LogP contribution < -0.4 is 5.32 Å². The molecule has 8 heteroatoms. The topological polar surface area (TPSA) is 102 Å². The third kappa shape index (κ3) is 3.80. The smallest absolute Gasteiger partial charge is 0.339 e. The van der Waals surface area contributed by atoms with Crippen molar-refractivity contribution in [2.24, 2.45) is 0 Å². The molecule has 0 aliphatic carbocycles. The molecule has 0 saturated carbocycles. The number of H-pyrrole nitrogens is 1. The summed E-state index contributed by atoms with van der Waals surface area (Å²) < 4.78 is 6.53. The van der Waals surface area contributed by atoms with Gasteiger partial charge in [0.1, 0.15) is 5.69 Å². The van der Waals surface area contributed by atoms with E-state index in [0.29, 0.717) is 34.8 Å². The van der Waals surface area contributed by atoms with E-state index in [0.717, 1.165) is 12.0 Å². The number of methoxy groups -OCH3 is 1. The number of ether oxygens (including phenoxy) is 1. The number of aryl methyl sites for hydroxylation is 1. The molecular weight excluding hydrogens is 358 g/mol. The Morgan fingerprint density at radius 2 is 2.11 bits per heavy atom. The third-order valence-electron chi connectivity index (χ3n) is 4.44. The van der Waals surface area contributed by atoms with E-state index in [1.165, 1.54) is 7.11 Å². The van der Waals surface area contributed by atoms with Gasteiger partial charge < -0.3 is 15.0 Å². The van der Waals surface area contributed by atoms with Gasteiger partial charge in [-0.3, -0.25) is 4.79 Å². The number of esters is 1. The number of nitrogens with zero attached hydrogens (tertiary/aromatic N) is 3. The molecule has 0 spiro atoms. The van der Waals surface area contributed by atoms with E-state index in [-0.39, 0.29) is 12.5 Å². The first kappa shape index (κ1) is 19.3. The van der Waals surface area contributed by atoms with Crippen molar-refractivity contribution in [1.82, 2.24) is 25.1 Å². The minimum atomic E-state index is -0.440. The molecule has 0 atom stereocenters. The Labute approximate surface area is 162 Å². The van der Waals surface area contributed by atoms with E-state index >= 15 is 0 Å². The predicted molar refractivity (Wildman–Crippen MR) is 103 cm³/mol. The van der Waals surface area contributed by atoms with Gasteiger partial charge in [0.05, 0.1) is 12.7 Å². The second kappa shape index (κ2) is 8.51. The highest BCUT2D eigenvalue weighted by molar-refractivity contribution is 6.00. The van der Waals surface area contributed by atoms with Crippen molar-refractivity contribution in [3.8, 4) is 5.82 Å². The zero-order chi connectivity index (χ0) is 20.1. The molecule has 3 rings (SSSR count). The van der Waals surface area contributed by atoms with Gasteiger partial charge in [0.15, 0.2) is 5.82 Å². The van der Waals surface area contributed by atoms with Gasteiger partial charge in [-0.1, -0.05) is 19.4 Å². The van der Waals surface area contributed by atoms with E-state index in [9.17, 15) is 9.59 Å². The molecule has 0 radical (unpaired) electrons. The summed E-state index contributed by atoms with van der Waals surface area (Å²) in [4.78, 5) is 32.4. The Morgan fingerprint density at radius 3 is 2.79 bits per heavy atom. The zero-order valence-corrected chi connectivity index (χ0v) is 16.2. The lowest BCUT2D eigenvalue weighted by Crippen LogP contribution is -2.25. The summed E-state index contributed by atoms with van der Waals surface area (Å²) in [7, 11) is 1.34. The molecule has 0 aromatic carbocycles. The number of nitrogens with one attached hydrogen (secondary N) is 2. The molecule has 28 heavy (non-hydrogen) atoms. The van der Waals surface area contributed by atoms with Gasteiger partial charge in [0.2, 0.25) is 0 Å². The predicted octanol–water partition coefficient (Wildman–Crippen LogP) is 2.57. The second-order valence-electron chi connectivity index (χ2n) is 6.34. The Balaban J connectivity index is 1.84. The van der Waals surface area contributed by atoms with E-state index in [2.05, 4.69) is 20.4 Å². The first-order valence-corrected chi connectivity index (χ1v) is 9.08. The van der Waals surface area contributed by atoms with Gasteiger partial charge in [-0.15, -0.1) is 0 Å². The first-order chi connectivity index (χ1) is 13.6. The van der Waals surface area contributed by atoms with Gasteiger partial charge in [0, 0.05) is 36.4 Å². The fourth-order valence-corrected chi connectivity index (χ4v) is 3.18. The molecule has 1 amide bonds. The molecular formula is C20H23N5O3. The highest BCUT2D eigenvalue weighted by Crippen LogP contribution is 2.22. The van der Waals surface area contributed by atoms with E-state index in [1.54, 1.807) is 30.2 Å². The van der Waals surface area contributed by atoms with E-state index in [4.69, 9.17) is 4.74 Å². The molecule has 3 heterocycles.